The summed E-state index contributed by atoms with van der Waals surface area (Å²) in [4.78, 5) is 29.9. The number of nitrogens with one attached hydrogen (secondary N) is 1. The molecule has 3 heterocycles. The zero-order chi connectivity index (χ0) is 19.9. The second-order valence-corrected chi connectivity index (χ2v) is 7.57. The van der Waals surface area contributed by atoms with E-state index in [1.54, 1.807) is 18.6 Å². The fourth-order valence-corrected chi connectivity index (χ4v) is 3.91. The van der Waals surface area contributed by atoms with Gasteiger partial charge in [0, 0.05) is 51.3 Å². The fraction of sp³-hybridized carbons (Fsp3) is 0.455. The highest BCUT2D eigenvalue weighted by Gasteiger charge is 2.20. The first-order valence-electron chi connectivity index (χ1n) is 10.5. The highest BCUT2D eigenvalue weighted by Crippen LogP contribution is 2.20. The number of carbonyl (C=O) groups is 1. The van der Waals surface area contributed by atoms with Crippen molar-refractivity contribution < 1.29 is 4.79 Å². The summed E-state index contributed by atoms with van der Waals surface area (Å²) in [7, 11) is 0. The molecule has 1 aliphatic heterocycles. The van der Waals surface area contributed by atoms with Gasteiger partial charge in [-0.1, -0.05) is 11.6 Å². The maximum absolute atomic E-state index is 12.5. The molecule has 2 aromatic heterocycles. The van der Waals surface area contributed by atoms with Gasteiger partial charge in [-0.3, -0.25) is 9.78 Å². The monoisotopic (exact) mass is 392 g/mol. The number of nitrogens with zero attached hydrogens (tertiary/aromatic N) is 5. The van der Waals surface area contributed by atoms with Gasteiger partial charge in [0.25, 0.3) is 5.91 Å². The number of hydrogen-bond donors (Lipinski definition) is 1. The van der Waals surface area contributed by atoms with Crippen molar-refractivity contribution in [3.63, 3.8) is 0 Å². The molecule has 2 aliphatic rings. The largest absolute Gasteiger partial charge is 0.367 e. The molecule has 1 N–H and O–H groups in total. The summed E-state index contributed by atoms with van der Waals surface area (Å²) >= 11 is 0. The summed E-state index contributed by atoms with van der Waals surface area (Å²) in [5.41, 5.74) is 3.08. The molecule has 7 nitrogen and oxygen atoms in total. The van der Waals surface area contributed by atoms with Gasteiger partial charge in [0.05, 0.1) is 17.4 Å². The van der Waals surface area contributed by atoms with Crippen LogP contribution in [-0.4, -0.2) is 53.6 Å². The number of anilines is 2. The second kappa shape index (κ2) is 9.49. The summed E-state index contributed by atoms with van der Waals surface area (Å²) in [6, 6.07) is 3.77. The summed E-state index contributed by atoms with van der Waals surface area (Å²) in [5.74, 6) is 0.721. The van der Waals surface area contributed by atoms with Crippen LogP contribution in [0.2, 0.25) is 0 Å². The Balaban J connectivity index is 1.30. The Bertz CT molecular complexity index is 845. The van der Waals surface area contributed by atoms with Gasteiger partial charge in [0.2, 0.25) is 5.95 Å². The average Bonchev–Trinajstić information content (AvgIpc) is 2.80. The molecule has 152 valence electrons. The second-order valence-electron chi connectivity index (χ2n) is 7.57. The van der Waals surface area contributed by atoms with Gasteiger partial charge in [-0.25, -0.2) is 9.97 Å². The van der Waals surface area contributed by atoms with E-state index in [2.05, 4.69) is 36.1 Å². The van der Waals surface area contributed by atoms with Crippen molar-refractivity contribution in [2.24, 2.45) is 0 Å². The van der Waals surface area contributed by atoms with Gasteiger partial charge in [-0.05, 0) is 44.2 Å². The predicted molar refractivity (Wildman–Crippen MR) is 114 cm³/mol. The number of pyridine rings is 1. The van der Waals surface area contributed by atoms with Crippen LogP contribution < -0.4 is 15.1 Å². The predicted octanol–water partition coefficient (Wildman–Crippen LogP) is 2.82. The van der Waals surface area contributed by atoms with Crippen LogP contribution in [0.15, 0.2) is 48.6 Å². The molecule has 0 spiro atoms. The lowest BCUT2D eigenvalue weighted by atomic mass is 9.97. The van der Waals surface area contributed by atoms with Crippen LogP contribution >= 0.6 is 0 Å². The number of aromatic nitrogens is 3. The van der Waals surface area contributed by atoms with Crippen molar-refractivity contribution in [3.05, 3.63) is 54.1 Å². The summed E-state index contributed by atoms with van der Waals surface area (Å²) < 4.78 is 0. The molecule has 0 unspecified atom stereocenters. The van der Waals surface area contributed by atoms with Gasteiger partial charge in [0.15, 0.2) is 0 Å². The highest BCUT2D eigenvalue weighted by atomic mass is 16.1. The minimum absolute atomic E-state index is 0.0490. The van der Waals surface area contributed by atoms with Crippen molar-refractivity contribution in [1.29, 1.82) is 0 Å². The molecule has 29 heavy (non-hydrogen) atoms. The third-order valence-electron chi connectivity index (χ3n) is 5.58. The lowest BCUT2D eigenvalue weighted by molar-refractivity contribution is 0.0953. The topological polar surface area (TPSA) is 74.2 Å². The van der Waals surface area contributed by atoms with E-state index in [9.17, 15) is 4.79 Å². The smallest absolute Gasteiger partial charge is 0.252 e. The first kappa shape index (κ1) is 19.4. The molecule has 0 aromatic carbocycles. The molecule has 0 radical (unpaired) electrons. The van der Waals surface area contributed by atoms with Crippen LogP contribution in [0.25, 0.3) is 0 Å². The number of piperazine rings is 1. The quantitative estimate of drug-likeness (QED) is 0.762. The summed E-state index contributed by atoms with van der Waals surface area (Å²) in [6.45, 7) is 4.06. The first-order valence-corrected chi connectivity index (χ1v) is 10.5. The van der Waals surface area contributed by atoms with Crippen molar-refractivity contribution in [2.45, 2.75) is 32.1 Å². The number of allylic oxidation sites excluding steroid dienone is 1. The van der Waals surface area contributed by atoms with E-state index in [4.69, 9.17) is 0 Å². The van der Waals surface area contributed by atoms with Crippen LogP contribution in [0.1, 0.15) is 42.5 Å². The minimum atomic E-state index is -0.0490. The van der Waals surface area contributed by atoms with Crippen LogP contribution in [0, 0.1) is 0 Å². The van der Waals surface area contributed by atoms with Crippen molar-refractivity contribution in [2.75, 3.05) is 42.5 Å². The molecule has 0 saturated carbocycles. The van der Waals surface area contributed by atoms with E-state index in [-0.39, 0.29) is 5.91 Å². The molecule has 1 aliphatic carbocycles. The Morgan fingerprint density at radius 1 is 1.03 bits per heavy atom. The fourth-order valence-electron chi connectivity index (χ4n) is 3.91. The van der Waals surface area contributed by atoms with E-state index < -0.39 is 0 Å². The number of carbonyl (C=O) groups excluding carboxylic acids is 1. The van der Waals surface area contributed by atoms with E-state index in [0.717, 1.165) is 44.2 Å². The molecule has 7 heteroatoms. The van der Waals surface area contributed by atoms with Crippen molar-refractivity contribution in [1.82, 2.24) is 20.3 Å². The molecule has 1 amide bonds. The maximum Gasteiger partial charge on any atom is 0.252 e. The van der Waals surface area contributed by atoms with Gasteiger partial charge in [-0.15, -0.1) is 0 Å². The van der Waals surface area contributed by atoms with Gasteiger partial charge < -0.3 is 15.1 Å². The zero-order valence-corrected chi connectivity index (χ0v) is 16.8. The van der Waals surface area contributed by atoms with Gasteiger partial charge in [0.1, 0.15) is 0 Å². The first-order chi connectivity index (χ1) is 14.3. The third kappa shape index (κ3) is 5.10. The highest BCUT2D eigenvalue weighted by molar-refractivity contribution is 5.94. The Morgan fingerprint density at radius 2 is 1.83 bits per heavy atom. The van der Waals surface area contributed by atoms with E-state index in [1.165, 1.54) is 31.3 Å². The maximum atomic E-state index is 12.5. The normalized spacial score (nSPS) is 17.0. The Hall–Kier alpha value is -2.96. The van der Waals surface area contributed by atoms with Crippen LogP contribution in [0.3, 0.4) is 0 Å². The van der Waals surface area contributed by atoms with Crippen molar-refractivity contribution in [3.8, 4) is 0 Å². The summed E-state index contributed by atoms with van der Waals surface area (Å²) in [5, 5.41) is 3.04. The average molecular weight is 393 g/mol. The molecule has 0 bridgehead atoms. The minimum Gasteiger partial charge on any atom is -0.367 e. The summed E-state index contributed by atoms with van der Waals surface area (Å²) in [6.07, 6.45) is 15.2. The van der Waals surface area contributed by atoms with Crippen LogP contribution in [-0.2, 0) is 0 Å². The standard InChI is InChI=1S/C22H28N6O/c29-21(24-10-7-18-5-2-1-3-6-18)19-15-20(17-23-16-19)27-11-13-28(14-12-27)22-25-8-4-9-26-22/h4-5,8-9,15-17H,1-3,6-7,10-14H2,(H,24,29). The Kier molecular flexibility index (Phi) is 6.34. The number of amides is 1. The SMILES string of the molecule is O=C(NCCC1=CCCCC1)c1cncc(N2CCN(c3ncccn3)CC2)c1. The Labute approximate surface area is 171 Å². The Morgan fingerprint density at radius 3 is 2.59 bits per heavy atom. The van der Waals surface area contributed by atoms with Gasteiger partial charge in [-0.2, -0.15) is 0 Å². The molecular formula is C22H28N6O. The van der Waals surface area contributed by atoms with Crippen molar-refractivity contribution >= 4 is 17.5 Å². The molecule has 4 rings (SSSR count). The molecule has 1 fully saturated rings. The third-order valence-corrected chi connectivity index (χ3v) is 5.58. The molecule has 2 aromatic rings. The van der Waals surface area contributed by atoms with E-state index in [0.29, 0.717) is 12.1 Å². The van der Waals surface area contributed by atoms with E-state index in [1.807, 2.05) is 18.3 Å². The van der Waals surface area contributed by atoms with Gasteiger partial charge >= 0.3 is 0 Å². The van der Waals surface area contributed by atoms with Crippen LogP contribution in [0.5, 0.6) is 0 Å². The number of hydrogen-bond acceptors (Lipinski definition) is 6. The number of rotatable bonds is 6. The zero-order valence-electron chi connectivity index (χ0n) is 16.8. The molecule has 0 atom stereocenters. The molecule has 1 saturated heterocycles. The lowest BCUT2D eigenvalue weighted by Crippen LogP contribution is -2.47. The lowest BCUT2D eigenvalue weighted by Gasteiger charge is -2.35. The molecular weight excluding hydrogens is 364 g/mol. The van der Waals surface area contributed by atoms with Crippen LogP contribution in [0.4, 0.5) is 11.6 Å². The van der Waals surface area contributed by atoms with E-state index >= 15 is 0 Å².